The summed E-state index contributed by atoms with van der Waals surface area (Å²) in [6.07, 6.45) is 1.20. The molecule has 0 saturated carbocycles. The molecule has 0 aliphatic rings. The molecule has 0 unspecified atom stereocenters. The van der Waals surface area contributed by atoms with E-state index in [9.17, 15) is 9.59 Å². The SMILES string of the molecule is Cc1c(C(=O)NC[C@@H](C)CN(C)C(=O)OC(C)(C)C)cnn1C. The molecule has 130 valence electrons. The summed E-state index contributed by atoms with van der Waals surface area (Å²) >= 11 is 0. The summed E-state index contributed by atoms with van der Waals surface area (Å²) in [6, 6.07) is 0. The molecule has 0 aliphatic heterocycles. The molecule has 7 heteroatoms. The van der Waals surface area contributed by atoms with Gasteiger partial charge in [-0.05, 0) is 33.6 Å². The minimum absolute atomic E-state index is 0.105. The van der Waals surface area contributed by atoms with Crippen LogP contribution in [0, 0.1) is 12.8 Å². The number of rotatable bonds is 5. The van der Waals surface area contributed by atoms with Crippen LogP contribution >= 0.6 is 0 Å². The highest BCUT2D eigenvalue weighted by molar-refractivity contribution is 5.95. The zero-order valence-corrected chi connectivity index (χ0v) is 15.1. The van der Waals surface area contributed by atoms with Gasteiger partial charge in [0.2, 0.25) is 0 Å². The molecule has 0 saturated heterocycles. The first-order valence-electron chi connectivity index (χ1n) is 7.72. The van der Waals surface area contributed by atoms with Gasteiger partial charge >= 0.3 is 6.09 Å². The molecule has 1 aromatic rings. The maximum absolute atomic E-state index is 12.1. The first kappa shape index (κ1) is 19.0. The van der Waals surface area contributed by atoms with Gasteiger partial charge in [-0.15, -0.1) is 0 Å². The van der Waals surface area contributed by atoms with Crippen LogP contribution in [0.4, 0.5) is 4.79 Å². The van der Waals surface area contributed by atoms with E-state index in [4.69, 9.17) is 4.74 Å². The van der Waals surface area contributed by atoms with E-state index in [0.717, 1.165) is 5.69 Å². The fourth-order valence-corrected chi connectivity index (χ4v) is 2.03. The normalized spacial score (nSPS) is 12.7. The van der Waals surface area contributed by atoms with Crippen molar-refractivity contribution in [2.24, 2.45) is 13.0 Å². The number of carbonyl (C=O) groups is 2. The van der Waals surface area contributed by atoms with E-state index in [-0.39, 0.29) is 17.9 Å². The summed E-state index contributed by atoms with van der Waals surface area (Å²) in [5.41, 5.74) is 0.877. The second kappa shape index (κ2) is 7.48. The third kappa shape index (κ3) is 5.92. The van der Waals surface area contributed by atoms with E-state index < -0.39 is 5.60 Å². The topological polar surface area (TPSA) is 76.5 Å². The minimum atomic E-state index is -0.513. The summed E-state index contributed by atoms with van der Waals surface area (Å²) in [5.74, 6) is -0.0455. The number of hydrogen-bond donors (Lipinski definition) is 1. The standard InChI is InChI=1S/C16H28N4O3/c1-11(10-19(6)15(22)23-16(3,4)5)8-17-14(21)13-9-18-20(7)12(13)2/h9,11H,8,10H2,1-7H3,(H,17,21)/t11-/m1/s1. The van der Waals surface area contributed by atoms with Crippen molar-refractivity contribution >= 4 is 12.0 Å². The molecule has 1 rings (SSSR count). The quantitative estimate of drug-likeness (QED) is 0.898. The van der Waals surface area contributed by atoms with Crippen molar-refractivity contribution in [3.8, 4) is 0 Å². The molecule has 1 heterocycles. The number of ether oxygens (including phenoxy) is 1. The summed E-state index contributed by atoms with van der Waals surface area (Å²) in [6.45, 7) is 10.3. The molecule has 0 fully saturated rings. The maximum Gasteiger partial charge on any atom is 0.410 e. The molecule has 0 bridgehead atoms. The number of nitrogens with zero attached hydrogens (tertiary/aromatic N) is 3. The number of carbonyl (C=O) groups excluding carboxylic acids is 2. The fourth-order valence-electron chi connectivity index (χ4n) is 2.03. The Hall–Kier alpha value is -2.05. The molecule has 0 spiro atoms. The van der Waals surface area contributed by atoms with Crippen molar-refractivity contribution in [2.45, 2.75) is 40.2 Å². The van der Waals surface area contributed by atoms with Gasteiger partial charge < -0.3 is 15.0 Å². The highest BCUT2D eigenvalue weighted by atomic mass is 16.6. The van der Waals surface area contributed by atoms with Gasteiger partial charge in [0.1, 0.15) is 5.60 Å². The number of aromatic nitrogens is 2. The smallest absolute Gasteiger partial charge is 0.410 e. The molecule has 7 nitrogen and oxygen atoms in total. The highest BCUT2D eigenvalue weighted by Gasteiger charge is 2.21. The number of amides is 2. The second-order valence-corrected chi connectivity index (χ2v) is 6.94. The van der Waals surface area contributed by atoms with Crippen molar-refractivity contribution in [3.63, 3.8) is 0 Å². The minimum Gasteiger partial charge on any atom is -0.444 e. The molecule has 1 aromatic heterocycles. The van der Waals surface area contributed by atoms with E-state index in [1.54, 1.807) is 25.0 Å². The Balaban J connectivity index is 2.45. The Morgan fingerprint density at radius 1 is 1.43 bits per heavy atom. The van der Waals surface area contributed by atoms with Gasteiger partial charge in [0.15, 0.2) is 0 Å². The molecular formula is C16H28N4O3. The highest BCUT2D eigenvalue weighted by Crippen LogP contribution is 2.10. The first-order valence-corrected chi connectivity index (χ1v) is 7.72. The Morgan fingerprint density at radius 3 is 2.52 bits per heavy atom. The van der Waals surface area contributed by atoms with E-state index in [2.05, 4.69) is 10.4 Å². The predicted molar refractivity (Wildman–Crippen MR) is 88.3 cm³/mol. The monoisotopic (exact) mass is 324 g/mol. The zero-order valence-electron chi connectivity index (χ0n) is 15.1. The number of nitrogens with one attached hydrogen (secondary N) is 1. The predicted octanol–water partition coefficient (Wildman–Crippen LogP) is 1.96. The van der Waals surface area contributed by atoms with Crippen molar-refractivity contribution in [1.82, 2.24) is 20.0 Å². The first-order chi connectivity index (χ1) is 10.5. The van der Waals surface area contributed by atoms with Crippen molar-refractivity contribution in [2.75, 3.05) is 20.1 Å². The average Bonchev–Trinajstić information content (AvgIpc) is 2.74. The number of aryl methyl sites for hydroxylation is 1. The van der Waals surface area contributed by atoms with E-state index in [1.807, 2.05) is 34.6 Å². The summed E-state index contributed by atoms with van der Waals surface area (Å²) in [7, 11) is 3.49. The van der Waals surface area contributed by atoms with E-state index >= 15 is 0 Å². The lowest BCUT2D eigenvalue weighted by molar-refractivity contribution is 0.0277. The van der Waals surface area contributed by atoms with Crippen molar-refractivity contribution in [1.29, 1.82) is 0 Å². The zero-order chi connectivity index (χ0) is 17.8. The van der Waals surface area contributed by atoms with Crippen LogP contribution in [0.3, 0.4) is 0 Å². The third-order valence-corrected chi connectivity index (χ3v) is 3.38. The van der Waals surface area contributed by atoms with Crippen LogP contribution in [0.5, 0.6) is 0 Å². The van der Waals surface area contributed by atoms with Crippen LogP contribution in [0.2, 0.25) is 0 Å². The van der Waals surface area contributed by atoms with Crippen LogP contribution in [-0.2, 0) is 11.8 Å². The van der Waals surface area contributed by atoms with Crippen LogP contribution in [0.25, 0.3) is 0 Å². The summed E-state index contributed by atoms with van der Waals surface area (Å²) < 4.78 is 6.96. The van der Waals surface area contributed by atoms with Crippen LogP contribution in [-0.4, -0.2) is 52.4 Å². The molecule has 0 radical (unpaired) electrons. The van der Waals surface area contributed by atoms with Crippen molar-refractivity contribution in [3.05, 3.63) is 17.5 Å². The van der Waals surface area contributed by atoms with Gasteiger partial charge in [-0.3, -0.25) is 9.48 Å². The van der Waals surface area contributed by atoms with Gasteiger partial charge in [-0.25, -0.2) is 4.79 Å². The third-order valence-electron chi connectivity index (χ3n) is 3.38. The van der Waals surface area contributed by atoms with Gasteiger partial charge in [-0.2, -0.15) is 5.10 Å². The lowest BCUT2D eigenvalue weighted by atomic mass is 10.1. The Morgan fingerprint density at radius 2 is 2.04 bits per heavy atom. The van der Waals surface area contributed by atoms with Gasteiger partial charge in [0.25, 0.3) is 5.91 Å². The maximum atomic E-state index is 12.1. The molecule has 1 atom stereocenters. The molecule has 1 N–H and O–H groups in total. The molecule has 23 heavy (non-hydrogen) atoms. The lowest BCUT2D eigenvalue weighted by Gasteiger charge is -2.26. The van der Waals surface area contributed by atoms with Crippen LogP contribution in [0.1, 0.15) is 43.7 Å². The van der Waals surface area contributed by atoms with E-state index in [0.29, 0.717) is 18.7 Å². The molecule has 0 aliphatic carbocycles. The summed E-state index contributed by atoms with van der Waals surface area (Å²) in [5, 5.41) is 6.93. The van der Waals surface area contributed by atoms with Gasteiger partial charge in [0.05, 0.1) is 11.8 Å². The number of hydrogen-bond acceptors (Lipinski definition) is 4. The molecule has 0 aromatic carbocycles. The van der Waals surface area contributed by atoms with Crippen molar-refractivity contribution < 1.29 is 14.3 Å². The second-order valence-electron chi connectivity index (χ2n) is 6.94. The van der Waals surface area contributed by atoms with Gasteiger partial charge in [0, 0.05) is 32.9 Å². The van der Waals surface area contributed by atoms with Crippen LogP contribution in [0.15, 0.2) is 6.20 Å². The lowest BCUT2D eigenvalue weighted by Crippen LogP contribution is -2.39. The van der Waals surface area contributed by atoms with Crippen LogP contribution < -0.4 is 5.32 Å². The van der Waals surface area contributed by atoms with Gasteiger partial charge in [-0.1, -0.05) is 6.92 Å². The Labute approximate surface area is 138 Å². The molecular weight excluding hydrogens is 296 g/mol. The molecule has 2 amide bonds. The fraction of sp³-hybridized carbons (Fsp3) is 0.688. The largest absolute Gasteiger partial charge is 0.444 e. The Bertz CT molecular complexity index is 560. The van der Waals surface area contributed by atoms with E-state index in [1.165, 1.54) is 4.90 Å². The average molecular weight is 324 g/mol. The Kier molecular flexibility index (Phi) is 6.18. The summed E-state index contributed by atoms with van der Waals surface area (Å²) in [4.78, 5) is 25.6.